The largest absolute Gasteiger partial charge is 0.0596 e. The highest BCUT2D eigenvalue weighted by Crippen LogP contribution is 2.45. The second-order valence-electron chi connectivity index (χ2n) is 5.30. The van der Waals surface area contributed by atoms with Gasteiger partial charge in [-0.15, -0.1) is 0 Å². The summed E-state index contributed by atoms with van der Waals surface area (Å²) in [6.45, 7) is 7.03. The van der Waals surface area contributed by atoms with Gasteiger partial charge in [-0.1, -0.05) is 42.8 Å². The van der Waals surface area contributed by atoms with Gasteiger partial charge in [0.15, 0.2) is 0 Å². The molecule has 2 rings (SSSR count). The Balaban J connectivity index is 2.41. The lowest BCUT2D eigenvalue weighted by Gasteiger charge is -2.27. The fourth-order valence-corrected chi connectivity index (χ4v) is 2.89. The van der Waals surface area contributed by atoms with Crippen molar-refractivity contribution in [2.45, 2.75) is 39.5 Å². The molecule has 14 heavy (non-hydrogen) atoms. The maximum Gasteiger partial charge on any atom is 0.0178 e. The molecular formula is C13H17Br. The van der Waals surface area contributed by atoms with Crippen LogP contribution in [0.3, 0.4) is 0 Å². The van der Waals surface area contributed by atoms with Gasteiger partial charge in [0.2, 0.25) is 0 Å². The van der Waals surface area contributed by atoms with Gasteiger partial charge in [0.1, 0.15) is 0 Å². The molecule has 0 N–H and O–H groups in total. The first-order chi connectivity index (χ1) is 6.48. The molecule has 1 aromatic rings. The summed E-state index contributed by atoms with van der Waals surface area (Å²) in [6, 6.07) is 6.74. The van der Waals surface area contributed by atoms with Gasteiger partial charge in [0, 0.05) is 4.47 Å². The molecule has 1 heteroatoms. The minimum absolute atomic E-state index is 0.402. The van der Waals surface area contributed by atoms with Crippen LogP contribution in [0.4, 0.5) is 0 Å². The quantitative estimate of drug-likeness (QED) is 0.637. The van der Waals surface area contributed by atoms with E-state index in [1.165, 1.54) is 17.3 Å². The maximum absolute atomic E-state index is 3.54. The van der Waals surface area contributed by atoms with Crippen LogP contribution in [-0.4, -0.2) is 0 Å². The number of hydrogen-bond donors (Lipinski definition) is 0. The lowest BCUT2D eigenvalue weighted by molar-refractivity contribution is 0.319. The Morgan fingerprint density at radius 3 is 2.64 bits per heavy atom. The van der Waals surface area contributed by atoms with E-state index in [0.29, 0.717) is 5.41 Å². The smallest absolute Gasteiger partial charge is 0.0178 e. The van der Waals surface area contributed by atoms with Gasteiger partial charge in [0.05, 0.1) is 0 Å². The van der Waals surface area contributed by atoms with Crippen molar-refractivity contribution in [1.29, 1.82) is 0 Å². The molecule has 0 fully saturated rings. The Kier molecular flexibility index (Phi) is 2.46. The molecule has 0 saturated carbocycles. The van der Waals surface area contributed by atoms with E-state index >= 15 is 0 Å². The monoisotopic (exact) mass is 252 g/mol. The van der Waals surface area contributed by atoms with Gasteiger partial charge in [-0.05, 0) is 47.4 Å². The van der Waals surface area contributed by atoms with Gasteiger partial charge in [-0.25, -0.2) is 0 Å². The maximum atomic E-state index is 3.54. The van der Waals surface area contributed by atoms with Crippen LogP contribution in [0.1, 0.15) is 44.2 Å². The first kappa shape index (κ1) is 10.2. The van der Waals surface area contributed by atoms with E-state index < -0.39 is 0 Å². The minimum atomic E-state index is 0.402. The Morgan fingerprint density at radius 2 is 2.00 bits per heavy atom. The van der Waals surface area contributed by atoms with Gasteiger partial charge >= 0.3 is 0 Å². The highest BCUT2D eigenvalue weighted by atomic mass is 79.9. The Hall–Kier alpha value is -0.300. The fraction of sp³-hybridized carbons (Fsp3) is 0.538. The van der Waals surface area contributed by atoms with E-state index in [0.717, 1.165) is 5.92 Å². The Labute approximate surface area is 94.8 Å². The number of hydrogen-bond acceptors (Lipinski definition) is 0. The second kappa shape index (κ2) is 3.37. The van der Waals surface area contributed by atoms with Crippen LogP contribution >= 0.6 is 15.9 Å². The molecule has 0 nitrogen and oxygen atoms in total. The molecular weight excluding hydrogens is 236 g/mol. The molecule has 0 aromatic heterocycles. The van der Waals surface area contributed by atoms with Crippen molar-refractivity contribution in [1.82, 2.24) is 0 Å². The highest BCUT2D eigenvalue weighted by Gasteiger charge is 2.31. The van der Waals surface area contributed by atoms with E-state index in [-0.39, 0.29) is 0 Å². The van der Waals surface area contributed by atoms with Crippen LogP contribution < -0.4 is 0 Å². The van der Waals surface area contributed by atoms with Crippen molar-refractivity contribution in [2.75, 3.05) is 0 Å². The predicted octanol–water partition coefficient (Wildman–Crippen LogP) is 4.53. The van der Waals surface area contributed by atoms with Gasteiger partial charge < -0.3 is 0 Å². The third-order valence-electron chi connectivity index (χ3n) is 3.23. The van der Waals surface area contributed by atoms with E-state index in [1.54, 1.807) is 11.1 Å². The lowest BCUT2D eigenvalue weighted by atomic mass is 9.77. The standard InChI is InChI=1S/C13H17Br/c1-13(2,3)12-7-4-9-8-10(14)5-6-11(9)12/h5-6,8,12H,4,7H2,1-3H3/t12-/m0/s1. The van der Waals surface area contributed by atoms with Crippen LogP contribution in [0.5, 0.6) is 0 Å². The van der Waals surface area contributed by atoms with Gasteiger partial charge in [-0.3, -0.25) is 0 Å². The molecule has 76 valence electrons. The summed E-state index contributed by atoms with van der Waals surface area (Å²) >= 11 is 3.54. The number of aryl methyl sites for hydroxylation is 1. The number of halogens is 1. The van der Waals surface area contributed by atoms with E-state index in [4.69, 9.17) is 0 Å². The van der Waals surface area contributed by atoms with E-state index in [1.807, 2.05) is 0 Å². The molecule has 1 atom stereocenters. The Bertz CT molecular complexity index is 347. The molecule has 0 heterocycles. The van der Waals surface area contributed by atoms with Crippen molar-refractivity contribution >= 4 is 15.9 Å². The molecule has 0 radical (unpaired) electrons. The molecule has 0 aliphatic heterocycles. The molecule has 0 spiro atoms. The van der Waals surface area contributed by atoms with Crippen molar-refractivity contribution < 1.29 is 0 Å². The number of fused-ring (bicyclic) bond motifs is 1. The molecule has 0 saturated heterocycles. The normalized spacial score (nSPS) is 21.0. The van der Waals surface area contributed by atoms with E-state index in [2.05, 4.69) is 54.9 Å². The minimum Gasteiger partial charge on any atom is -0.0596 e. The summed E-state index contributed by atoms with van der Waals surface area (Å²) < 4.78 is 1.21. The van der Waals surface area contributed by atoms with Gasteiger partial charge in [0.25, 0.3) is 0 Å². The van der Waals surface area contributed by atoms with E-state index in [9.17, 15) is 0 Å². The zero-order valence-corrected chi connectivity index (χ0v) is 10.7. The number of benzene rings is 1. The highest BCUT2D eigenvalue weighted by molar-refractivity contribution is 9.10. The molecule has 1 aliphatic carbocycles. The second-order valence-corrected chi connectivity index (χ2v) is 6.22. The fourth-order valence-electron chi connectivity index (χ4n) is 2.49. The van der Waals surface area contributed by atoms with Crippen LogP contribution in [0.2, 0.25) is 0 Å². The average Bonchev–Trinajstić information content (AvgIpc) is 2.45. The Morgan fingerprint density at radius 1 is 1.29 bits per heavy atom. The molecule has 0 bridgehead atoms. The SMILES string of the molecule is CC(C)(C)[C@H]1CCc2cc(Br)ccc21. The van der Waals surface area contributed by atoms with Crippen molar-refractivity contribution in [3.05, 3.63) is 33.8 Å². The zero-order chi connectivity index (χ0) is 10.3. The first-order valence-corrected chi connectivity index (χ1v) is 6.06. The molecule has 1 aliphatic rings. The summed E-state index contributed by atoms with van der Waals surface area (Å²) in [5.74, 6) is 0.741. The molecule has 1 aromatic carbocycles. The summed E-state index contributed by atoms with van der Waals surface area (Å²) in [5.41, 5.74) is 3.51. The summed E-state index contributed by atoms with van der Waals surface area (Å²) in [6.07, 6.45) is 2.56. The lowest BCUT2D eigenvalue weighted by Crippen LogP contribution is -2.15. The van der Waals surface area contributed by atoms with Crippen LogP contribution in [0.15, 0.2) is 22.7 Å². The summed E-state index contributed by atoms with van der Waals surface area (Å²) in [5, 5.41) is 0. The van der Waals surface area contributed by atoms with Crippen molar-refractivity contribution in [3.8, 4) is 0 Å². The summed E-state index contributed by atoms with van der Waals surface area (Å²) in [4.78, 5) is 0. The van der Waals surface area contributed by atoms with Crippen molar-refractivity contribution in [3.63, 3.8) is 0 Å². The third kappa shape index (κ3) is 1.75. The van der Waals surface area contributed by atoms with Crippen LogP contribution in [0, 0.1) is 5.41 Å². The third-order valence-corrected chi connectivity index (χ3v) is 3.72. The number of rotatable bonds is 0. The molecule has 0 unspecified atom stereocenters. The van der Waals surface area contributed by atoms with Crippen LogP contribution in [-0.2, 0) is 6.42 Å². The first-order valence-electron chi connectivity index (χ1n) is 5.27. The predicted molar refractivity (Wildman–Crippen MR) is 64.7 cm³/mol. The average molecular weight is 253 g/mol. The summed E-state index contributed by atoms with van der Waals surface area (Å²) in [7, 11) is 0. The molecule has 0 amide bonds. The van der Waals surface area contributed by atoms with Crippen LogP contribution in [0.25, 0.3) is 0 Å². The van der Waals surface area contributed by atoms with Crippen molar-refractivity contribution in [2.24, 2.45) is 5.41 Å². The topological polar surface area (TPSA) is 0 Å². The van der Waals surface area contributed by atoms with Gasteiger partial charge in [-0.2, -0.15) is 0 Å². The zero-order valence-electron chi connectivity index (χ0n) is 9.10.